The van der Waals surface area contributed by atoms with Gasteiger partial charge in [0, 0.05) is 31.7 Å². The molecule has 0 atom stereocenters. The van der Waals surface area contributed by atoms with Crippen LogP contribution in [0.25, 0.3) is 11.4 Å². The number of carbonyl (C=O) groups excluding carboxylic acids is 2. The molecule has 0 spiro atoms. The first-order valence-corrected chi connectivity index (χ1v) is 13.0. The number of benzene rings is 2. The van der Waals surface area contributed by atoms with Gasteiger partial charge in [-0.05, 0) is 48.6 Å². The summed E-state index contributed by atoms with van der Waals surface area (Å²) in [5.41, 5.74) is 3.41. The van der Waals surface area contributed by atoms with Crippen LogP contribution in [0.1, 0.15) is 81.9 Å². The number of hydrogen-bond donors (Lipinski definition) is 2. The summed E-state index contributed by atoms with van der Waals surface area (Å²) in [7, 11) is 0. The lowest BCUT2D eigenvalue weighted by Gasteiger charge is -2.29. The number of nitrogens with one attached hydrogen (secondary N) is 1. The Morgan fingerprint density at radius 2 is 1.73 bits per heavy atom. The number of fused-ring (bicyclic) bond motifs is 1. The highest BCUT2D eigenvalue weighted by molar-refractivity contribution is 6.03. The molecule has 8 heteroatoms. The molecule has 1 aliphatic heterocycles. The van der Waals surface area contributed by atoms with Crippen LogP contribution >= 0.6 is 0 Å². The van der Waals surface area contributed by atoms with Crippen LogP contribution in [0.3, 0.4) is 0 Å². The van der Waals surface area contributed by atoms with Crippen molar-refractivity contribution in [2.24, 2.45) is 0 Å². The summed E-state index contributed by atoms with van der Waals surface area (Å²) in [4.78, 5) is 49.7. The third-order valence-corrected chi connectivity index (χ3v) is 6.83. The molecule has 0 unspecified atom stereocenters. The van der Waals surface area contributed by atoms with E-state index in [0.29, 0.717) is 43.3 Å². The summed E-state index contributed by atoms with van der Waals surface area (Å²) in [6, 6.07) is 12.5. The van der Waals surface area contributed by atoms with Gasteiger partial charge in [-0.1, -0.05) is 51.0 Å². The van der Waals surface area contributed by atoms with Gasteiger partial charge in [-0.25, -0.2) is 9.78 Å². The number of aromatic carboxylic acids is 1. The van der Waals surface area contributed by atoms with Crippen molar-refractivity contribution in [1.29, 1.82) is 0 Å². The smallest absolute Gasteiger partial charge is 0.335 e. The first-order chi connectivity index (χ1) is 17.9. The molecule has 2 heterocycles. The number of carboxylic acid groups (broad SMARTS) is 1. The van der Waals surface area contributed by atoms with Crippen molar-refractivity contribution in [1.82, 2.24) is 19.8 Å². The fourth-order valence-corrected chi connectivity index (χ4v) is 4.65. The minimum absolute atomic E-state index is 0.0256. The lowest BCUT2D eigenvalue weighted by atomic mass is 9.97. The number of carbonyl (C=O) groups is 3. The number of imidazole rings is 1. The standard InChI is InChI=1S/C29H34N4O4/c1-3-5-14-32(15-6-4-2)28(35)25-18-30-26(31-25)23-12-11-21(29(36)37)17-24(23)27(34)33-16-13-20-9-7-8-10-22(20)19-33/h7-12,17-18H,3-6,13-16,19H2,1-2H3,(H,30,31)(H,36,37). The molecule has 0 saturated heterocycles. The van der Waals surface area contributed by atoms with Gasteiger partial charge in [-0.2, -0.15) is 0 Å². The van der Waals surface area contributed by atoms with E-state index in [1.807, 2.05) is 23.1 Å². The van der Waals surface area contributed by atoms with Crippen LogP contribution in [-0.4, -0.2) is 62.3 Å². The molecule has 4 rings (SSSR count). The Balaban J connectivity index is 1.64. The van der Waals surface area contributed by atoms with Gasteiger partial charge in [-0.15, -0.1) is 0 Å². The third-order valence-electron chi connectivity index (χ3n) is 6.83. The first kappa shape index (κ1) is 26.1. The van der Waals surface area contributed by atoms with Crippen molar-refractivity contribution in [3.05, 3.63) is 76.6 Å². The zero-order valence-electron chi connectivity index (χ0n) is 21.5. The molecule has 2 N–H and O–H groups in total. The lowest BCUT2D eigenvalue weighted by molar-refractivity contribution is 0.0695. The van der Waals surface area contributed by atoms with E-state index in [0.717, 1.165) is 37.7 Å². The molecule has 194 valence electrons. The highest BCUT2D eigenvalue weighted by atomic mass is 16.4. The number of carboxylic acids is 1. The molecule has 8 nitrogen and oxygen atoms in total. The number of nitrogens with zero attached hydrogens (tertiary/aromatic N) is 3. The van der Waals surface area contributed by atoms with Crippen LogP contribution in [0.5, 0.6) is 0 Å². The summed E-state index contributed by atoms with van der Waals surface area (Å²) in [6.07, 6.45) is 6.06. The Morgan fingerprint density at radius 3 is 2.41 bits per heavy atom. The maximum absolute atomic E-state index is 13.7. The summed E-state index contributed by atoms with van der Waals surface area (Å²) in [5, 5.41) is 9.57. The zero-order chi connectivity index (χ0) is 26.4. The van der Waals surface area contributed by atoms with E-state index >= 15 is 0 Å². The van der Waals surface area contributed by atoms with Gasteiger partial charge in [-0.3, -0.25) is 9.59 Å². The highest BCUT2D eigenvalue weighted by Crippen LogP contribution is 2.27. The normalized spacial score (nSPS) is 12.8. The third kappa shape index (κ3) is 5.90. The fraction of sp³-hybridized carbons (Fsp3) is 0.379. The Hall–Kier alpha value is -3.94. The lowest BCUT2D eigenvalue weighted by Crippen LogP contribution is -2.36. The van der Waals surface area contributed by atoms with E-state index in [2.05, 4.69) is 29.9 Å². The van der Waals surface area contributed by atoms with Gasteiger partial charge in [0.15, 0.2) is 0 Å². The quantitative estimate of drug-likeness (QED) is 0.405. The van der Waals surface area contributed by atoms with Crippen molar-refractivity contribution in [3.8, 4) is 11.4 Å². The second-order valence-electron chi connectivity index (χ2n) is 9.46. The van der Waals surface area contributed by atoms with Crippen molar-refractivity contribution in [2.75, 3.05) is 19.6 Å². The minimum Gasteiger partial charge on any atom is -0.478 e. The van der Waals surface area contributed by atoms with Gasteiger partial charge >= 0.3 is 5.97 Å². The Bertz CT molecular complexity index is 1270. The van der Waals surface area contributed by atoms with Crippen LogP contribution in [0, 0.1) is 0 Å². The molecule has 2 amide bonds. The largest absolute Gasteiger partial charge is 0.478 e. The molecule has 0 aliphatic carbocycles. The van der Waals surface area contributed by atoms with E-state index < -0.39 is 5.97 Å². The van der Waals surface area contributed by atoms with Gasteiger partial charge in [0.05, 0.1) is 17.3 Å². The highest BCUT2D eigenvalue weighted by Gasteiger charge is 2.26. The average molecular weight is 503 g/mol. The Labute approximate surface area is 217 Å². The van der Waals surface area contributed by atoms with Crippen LogP contribution in [0.15, 0.2) is 48.7 Å². The second-order valence-corrected chi connectivity index (χ2v) is 9.46. The molecular formula is C29H34N4O4. The van der Waals surface area contributed by atoms with Crippen LogP contribution < -0.4 is 0 Å². The summed E-state index contributed by atoms with van der Waals surface area (Å²) < 4.78 is 0. The molecule has 37 heavy (non-hydrogen) atoms. The number of aromatic amines is 1. The van der Waals surface area contributed by atoms with Crippen LogP contribution in [0.2, 0.25) is 0 Å². The van der Waals surface area contributed by atoms with Crippen LogP contribution in [0.4, 0.5) is 0 Å². The monoisotopic (exact) mass is 502 g/mol. The summed E-state index contributed by atoms with van der Waals surface area (Å²) in [5.74, 6) is -1.12. The van der Waals surface area contributed by atoms with Gasteiger partial charge in [0.2, 0.25) is 0 Å². The average Bonchev–Trinajstić information content (AvgIpc) is 3.42. The molecule has 1 aliphatic rings. The maximum Gasteiger partial charge on any atom is 0.335 e. The number of H-pyrrole nitrogens is 1. The van der Waals surface area contributed by atoms with E-state index in [9.17, 15) is 19.5 Å². The van der Waals surface area contributed by atoms with Crippen molar-refractivity contribution >= 4 is 17.8 Å². The minimum atomic E-state index is -1.11. The predicted molar refractivity (Wildman–Crippen MR) is 142 cm³/mol. The van der Waals surface area contributed by atoms with Gasteiger partial charge in [0.1, 0.15) is 11.5 Å². The van der Waals surface area contributed by atoms with E-state index in [4.69, 9.17) is 0 Å². The Kier molecular flexibility index (Phi) is 8.38. The molecule has 0 saturated carbocycles. The first-order valence-electron chi connectivity index (χ1n) is 13.0. The molecular weight excluding hydrogens is 468 g/mol. The molecule has 1 aromatic heterocycles. The van der Waals surface area contributed by atoms with Crippen molar-refractivity contribution in [3.63, 3.8) is 0 Å². The van der Waals surface area contributed by atoms with Gasteiger partial charge in [0.25, 0.3) is 11.8 Å². The number of aromatic nitrogens is 2. The predicted octanol–water partition coefficient (Wildman–Crippen LogP) is 5.02. The van der Waals surface area contributed by atoms with E-state index in [-0.39, 0.29) is 22.9 Å². The molecule has 0 bridgehead atoms. The van der Waals surface area contributed by atoms with Crippen LogP contribution in [-0.2, 0) is 13.0 Å². The number of hydrogen-bond acceptors (Lipinski definition) is 4. The zero-order valence-corrected chi connectivity index (χ0v) is 21.5. The molecule has 0 fully saturated rings. The number of unbranched alkanes of at least 4 members (excludes halogenated alkanes) is 2. The Morgan fingerprint density at radius 1 is 1.03 bits per heavy atom. The summed E-state index contributed by atoms with van der Waals surface area (Å²) >= 11 is 0. The molecule has 3 aromatic rings. The maximum atomic E-state index is 13.7. The number of amides is 2. The second kappa shape index (κ2) is 11.9. The molecule has 0 radical (unpaired) electrons. The van der Waals surface area contributed by atoms with E-state index in [1.165, 1.54) is 23.9 Å². The summed E-state index contributed by atoms with van der Waals surface area (Å²) in [6.45, 7) is 6.54. The number of rotatable bonds is 10. The van der Waals surface area contributed by atoms with Crippen molar-refractivity contribution < 1.29 is 19.5 Å². The topological polar surface area (TPSA) is 107 Å². The fourth-order valence-electron chi connectivity index (χ4n) is 4.65. The van der Waals surface area contributed by atoms with Gasteiger partial charge < -0.3 is 19.9 Å². The van der Waals surface area contributed by atoms with Crippen molar-refractivity contribution in [2.45, 2.75) is 52.5 Å². The SMILES string of the molecule is CCCCN(CCCC)C(=O)c1cnc(-c2ccc(C(=O)O)cc2C(=O)N2CCc3ccccc3C2)[nH]1. The molecule has 2 aromatic carbocycles. The van der Waals surface area contributed by atoms with E-state index in [1.54, 1.807) is 11.0 Å².